The van der Waals surface area contributed by atoms with Crippen molar-refractivity contribution in [1.29, 1.82) is 0 Å². The molecule has 0 saturated carbocycles. The molecule has 1 aliphatic heterocycles. The highest BCUT2D eigenvalue weighted by Gasteiger charge is 2.11. The number of nitrogens with zero attached hydrogens (tertiary/aromatic N) is 1. The van der Waals surface area contributed by atoms with Gasteiger partial charge < -0.3 is 10.1 Å². The van der Waals surface area contributed by atoms with Crippen LogP contribution < -0.4 is 5.32 Å². The molecule has 112 valence electrons. The van der Waals surface area contributed by atoms with Gasteiger partial charge in [0.2, 0.25) is 0 Å². The molecular weight excluding hydrogens is 284 g/mol. The van der Waals surface area contributed by atoms with Crippen LogP contribution in [0.25, 0.3) is 10.6 Å². The van der Waals surface area contributed by atoms with Crippen LogP contribution in [-0.4, -0.2) is 17.1 Å². The Morgan fingerprint density at radius 3 is 2.62 bits per heavy atom. The molecule has 0 aliphatic carbocycles. The third-order valence-corrected chi connectivity index (χ3v) is 3.74. The number of hydrogen-bond acceptors (Lipinski definition) is 5. The van der Waals surface area contributed by atoms with Crippen LogP contribution >= 0.6 is 11.3 Å². The topological polar surface area (TPSA) is 51.2 Å². The minimum Gasteiger partial charge on any atom is -0.462 e. The van der Waals surface area contributed by atoms with Gasteiger partial charge >= 0.3 is 0 Å². The lowest BCUT2D eigenvalue weighted by atomic mass is 10.1. The highest BCUT2D eigenvalue weighted by molar-refractivity contribution is 7.13. The van der Waals surface area contributed by atoms with Crippen LogP contribution in [0, 0.1) is 0 Å². The van der Waals surface area contributed by atoms with E-state index < -0.39 is 0 Å². The molecule has 0 atom stereocenters. The monoisotopic (exact) mass is 304 g/mol. The first-order valence-electron chi connectivity index (χ1n) is 6.83. The van der Waals surface area contributed by atoms with Gasteiger partial charge in [-0.3, -0.25) is 4.79 Å². The van der Waals surface area contributed by atoms with Crippen LogP contribution in [-0.2, 0) is 22.6 Å². The summed E-state index contributed by atoms with van der Waals surface area (Å²) in [5.41, 5.74) is 3.76. The van der Waals surface area contributed by atoms with Gasteiger partial charge in [-0.25, -0.2) is 4.98 Å². The smallest absolute Gasteiger partial charge is 0.293 e. The summed E-state index contributed by atoms with van der Waals surface area (Å²) in [4.78, 5) is 13.9. The number of nitrogens with one attached hydrogen (secondary N) is 1. The van der Waals surface area contributed by atoms with Gasteiger partial charge in [-0.05, 0) is 38.0 Å². The third-order valence-electron chi connectivity index (χ3n) is 2.92. The van der Waals surface area contributed by atoms with Crippen LogP contribution in [0.2, 0.25) is 0 Å². The Kier molecular flexibility index (Phi) is 5.09. The fourth-order valence-electron chi connectivity index (χ4n) is 1.94. The summed E-state index contributed by atoms with van der Waals surface area (Å²) in [5.74, 6) is 0. The van der Waals surface area contributed by atoms with Crippen LogP contribution in [0.3, 0.4) is 0 Å². The predicted octanol–water partition coefficient (Wildman–Crippen LogP) is 3.37. The fourth-order valence-corrected chi connectivity index (χ4v) is 2.57. The maximum Gasteiger partial charge on any atom is 0.293 e. The number of aromatic nitrogens is 1. The minimum atomic E-state index is -0.318. The quantitative estimate of drug-likeness (QED) is 0.864. The van der Waals surface area contributed by atoms with Gasteiger partial charge in [-0.15, -0.1) is 11.3 Å². The van der Waals surface area contributed by atoms with E-state index >= 15 is 0 Å². The van der Waals surface area contributed by atoms with E-state index in [1.165, 1.54) is 16.7 Å². The molecule has 0 amide bonds. The second-order valence-electron chi connectivity index (χ2n) is 5.75. The van der Waals surface area contributed by atoms with E-state index in [-0.39, 0.29) is 5.60 Å². The lowest BCUT2D eigenvalue weighted by molar-refractivity contribution is -0.138. The molecule has 0 saturated heterocycles. The van der Waals surface area contributed by atoms with Crippen molar-refractivity contribution in [3.05, 3.63) is 40.9 Å². The van der Waals surface area contributed by atoms with Crippen LogP contribution in [0.5, 0.6) is 0 Å². The highest BCUT2D eigenvalue weighted by Crippen LogP contribution is 2.26. The number of fused-ring (bicyclic) bond motifs is 1. The van der Waals surface area contributed by atoms with Gasteiger partial charge in [-0.2, -0.15) is 0 Å². The van der Waals surface area contributed by atoms with E-state index in [4.69, 9.17) is 0 Å². The first kappa shape index (κ1) is 15.7. The molecule has 4 nitrogen and oxygen atoms in total. The Morgan fingerprint density at radius 1 is 1.29 bits per heavy atom. The number of carbonyl (C=O) groups is 1. The molecule has 0 bridgehead atoms. The number of benzene rings is 1. The Hall–Kier alpha value is -1.72. The van der Waals surface area contributed by atoms with Crippen molar-refractivity contribution in [3.8, 4) is 10.6 Å². The average molecular weight is 304 g/mol. The van der Waals surface area contributed by atoms with Crippen molar-refractivity contribution in [2.24, 2.45) is 0 Å². The molecule has 0 radical (unpaired) electrons. The van der Waals surface area contributed by atoms with Gasteiger partial charge in [0.15, 0.2) is 0 Å². The van der Waals surface area contributed by atoms with Crippen LogP contribution in [0.4, 0.5) is 0 Å². The molecule has 0 fully saturated rings. The Morgan fingerprint density at radius 2 is 2.05 bits per heavy atom. The lowest BCUT2D eigenvalue weighted by Gasteiger charge is -2.14. The molecule has 1 aliphatic rings. The summed E-state index contributed by atoms with van der Waals surface area (Å²) in [5, 5.41) is 6.47. The van der Waals surface area contributed by atoms with Gasteiger partial charge in [-0.1, -0.05) is 12.1 Å². The summed E-state index contributed by atoms with van der Waals surface area (Å²) in [6.07, 6.45) is 1.85. The summed E-state index contributed by atoms with van der Waals surface area (Å²) in [6.45, 7) is 7.92. The molecule has 0 unspecified atom stereocenters. The van der Waals surface area contributed by atoms with Gasteiger partial charge in [0.05, 0.1) is 0 Å². The zero-order chi connectivity index (χ0) is 15.3. The van der Waals surface area contributed by atoms with Crippen molar-refractivity contribution < 1.29 is 9.53 Å². The van der Waals surface area contributed by atoms with E-state index in [0.717, 1.165) is 18.1 Å². The van der Waals surface area contributed by atoms with Gasteiger partial charge in [0.25, 0.3) is 6.47 Å². The fraction of sp³-hybridized carbons (Fsp3) is 0.375. The molecule has 1 N–H and O–H groups in total. The van der Waals surface area contributed by atoms with Crippen molar-refractivity contribution in [3.63, 3.8) is 0 Å². The number of ether oxygens (including phenoxy) is 1. The maximum absolute atomic E-state index is 9.60. The van der Waals surface area contributed by atoms with E-state index in [9.17, 15) is 4.79 Å². The number of hydrogen-bond donors (Lipinski definition) is 1. The number of rotatable bonds is 2. The molecule has 1 aromatic carbocycles. The second kappa shape index (κ2) is 6.83. The van der Waals surface area contributed by atoms with Crippen molar-refractivity contribution in [2.75, 3.05) is 0 Å². The molecule has 3 rings (SSSR count). The summed E-state index contributed by atoms with van der Waals surface area (Å²) < 4.78 is 4.55. The largest absolute Gasteiger partial charge is 0.462 e. The van der Waals surface area contributed by atoms with Crippen LogP contribution in [0.1, 0.15) is 31.9 Å². The molecule has 5 heteroatoms. The summed E-state index contributed by atoms with van der Waals surface area (Å²) >= 11 is 1.69. The molecule has 2 aromatic rings. The van der Waals surface area contributed by atoms with Crippen molar-refractivity contribution >= 4 is 17.8 Å². The molecule has 1 aromatic heterocycles. The Labute approximate surface area is 129 Å². The van der Waals surface area contributed by atoms with E-state index in [1.807, 2.05) is 32.3 Å². The molecule has 21 heavy (non-hydrogen) atoms. The van der Waals surface area contributed by atoms with Crippen molar-refractivity contribution in [2.45, 2.75) is 39.5 Å². The Bertz CT molecular complexity index is 589. The van der Waals surface area contributed by atoms with E-state index in [2.05, 4.69) is 33.2 Å². The SMILES string of the molecule is CC(C)(C)OC=O.c1csc(-c2ccc3c(c2)CNC3)n1. The van der Waals surface area contributed by atoms with Crippen molar-refractivity contribution in [1.82, 2.24) is 10.3 Å². The highest BCUT2D eigenvalue weighted by atomic mass is 32.1. The summed E-state index contributed by atoms with van der Waals surface area (Å²) in [7, 11) is 0. The van der Waals surface area contributed by atoms with Gasteiger partial charge in [0, 0.05) is 30.2 Å². The third kappa shape index (κ3) is 4.65. The second-order valence-corrected chi connectivity index (χ2v) is 6.65. The average Bonchev–Trinajstić information content (AvgIpc) is 3.08. The maximum atomic E-state index is 9.60. The van der Waals surface area contributed by atoms with Crippen LogP contribution in [0.15, 0.2) is 29.8 Å². The standard InChI is InChI=1S/C11H10N2S.C5H10O2/c1-2-9-6-12-7-10(9)5-8(1)11-13-3-4-14-11;1-5(2,3)7-4-6/h1-5,12H,6-7H2;4H,1-3H3. The normalized spacial score (nSPS) is 13.1. The zero-order valence-corrected chi connectivity index (χ0v) is 13.4. The summed E-state index contributed by atoms with van der Waals surface area (Å²) in [6, 6.07) is 6.60. The molecular formula is C16H20N2O2S. The van der Waals surface area contributed by atoms with E-state index in [1.54, 1.807) is 11.3 Å². The predicted molar refractivity (Wildman–Crippen MR) is 85.0 cm³/mol. The first-order valence-corrected chi connectivity index (χ1v) is 7.71. The van der Waals surface area contributed by atoms with Gasteiger partial charge in [0.1, 0.15) is 10.6 Å². The number of carbonyl (C=O) groups excluding carboxylic acids is 1. The molecule has 0 spiro atoms. The van der Waals surface area contributed by atoms with E-state index in [0.29, 0.717) is 6.47 Å². The minimum absolute atomic E-state index is 0.318. The first-order chi connectivity index (χ1) is 9.99. The zero-order valence-electron chi connectivity index (χ0n) is 12.6. The lowest BCUT2D eigenvalue weighted by Crippen LogP contribution is -2.17. The number of thiazole rings is 1. The molecule has 2 heterocycles. The Balaban J connectivity index is 0.000000199.